The molecule has 0 amide bonds. The summed E-state index contributed by atoms with van der Waals surface area (Å²) in [4.78, 5) is 10.9. The second kappa shape index (κ2) is 6.53. The van der Waals surface area contributed by atoms with Crippen molar-refractivity contribution < 1.29 is 18.3 Å². The fourth-order valence-electron chi connectivity index (χ4n) is 1.58. The van der Waals surface area contributed by atoms with Gasteiger partial charge in [-0.3, -0.25) is 0 Å². The molecule has 1 aromatic carbocycles. The van der Waals surface area contributed by atoms with Crippen molar-refractivity contribution in [3.05, 3.63) is 36.4 Å². The molecular weight excluding hydrogens is 280 g/mol. The molecule has 0 atom stereocenters. The monoisotopic (exact) mass is 298 g/mol. The van der Waals surface area contributed by atoms with Crippen LogP contribution >= 0.6 is 0 Å². The summed E-state index contributed by atoms with van der Waals surface area (Å²) in [5, 5.41) is 11.9. The minimum atomic E-state index is -3.79. The van der Waals surface area contributed by atoms with Crippen molar-refractivity contribution in [3.63, 3.8) is 0 Å². The molecule has 0 unspecified atom stereocenters. The fourth-order valence-corrected chi connectivity index (χ4v) is 3.04. The highest BCUT2D eigenvalue weighted by Gasteiger charge is 2.21. The predicted molar refractivity (Wildman–Crippen MR) is 77.5 cm³/mol. The lowest BCUT2D eigenvalue weighted by molar-refractivity contribution is 0.0696. The number of rotatable bonds is 7. The van der Waals surface area contributed by atoms with E-state index in [1.807, 2.05) is 0 Å². The van der Waals surface area contributed by atoms with Gasteiger partial charge in [0.15, 0.2) is 0 Å². The Bertz CT molecular complexity index is 609. The summed E-state index contributed by atoms with van der Waals surface area (Å²) in [6.07, 6.45) is 1.58. The van der Waals surface area contributed by atoms with E-state index in [0.29, 0.717) is 12.2 Å². The maximum Gasteiger partial charge on any atom is 0.335 e. The zero-order valence-electron chi connectivity index (χ0n) is 11.4. The van der Waals surface area contributed by atoms with E-state index < -0.39 is 16.0 Å². The number of benzene rings is 1. The Morgan fingerprint density at radius 3 is 2.60 bits per heavy atom. The third-order valence-electron chi connectivity index (χ3n) is 2.35. The largest absolute Gasteiger partial charge is 0.478 e. The van der Waals surface area contributed by atoms with Crippen LogP contribution in [0.2, 0.25) is 0 Å². The van der Waals surface area contributed by atoms with Crippen molar-refractivity contribution in [2.75, 3.05) is 11.9 Å². The molecule has 3 N–H and O–H groups in total. The Morgan fingerprint density at radius 1 is 1.45 bits per heavy atom. The number of aromatic carboxylic acids is 1. The van der Waals surface area contributed by atoms with Crippen LogP contribution in [0.4, 0.5) is 5.69 Å². The lowest BCUT2D eigenvalue weighted by Crippen LogP contribution is -2.31. The van der Waals surface area contributed by atoms with E-state index in [-0.39, 0.29) is 16.5 Å². The molecule has 0 fully saturated rings. The molecule has 0 heterocycles. The van der Waals surface area contributed by atoms with Gasteiger partial charge >= 0.3 is 5.97 Å². The van der Waals surface area contributed by atoms with Crippen molar-refractivity contribution in [1.29, 1.82) is 0 Å². The summed E-state index contributed by atoms with van der Waals surface area (Å²) >= 11 is 0. The molecule has 1 aromatic rings. The van der Waals surface area contributed by atoms with E-state index in [0.717, 1.165) is 6.07 Å². The number of hydrogen-bond donors (Lipinski definition) is 3. The Labute approximate surface area is 118 Å². The van der Waals surface area contributed by atoms with Gasteiger partial charge in [0.05, 0.1) is 11.3 Å². The molecular formula is C13H18N2O4S. The molecule has 0 aliphatic rings. The minimum absolute atomic E-state index is 0.0849. The SMILES string of the molecule is C=CCNc1ccc(C(=O)O)cc1S(=O)(=O)NC(C)C. The molecule has 0 aromatic heterocycles. The molecule has 0 saturated carbocycles. The van der Waals surface area contributed by atoms with E-state index in [1.165, 1.54) is 12.1 Å². The summed E-state index contributed by atoms with van der Waals surface area (Å²) in [6.45, 7) is 7.29. The van der Waals surface area contributed by atoms with Gasteiger partial charge in [-0.05, 0) is 32.0 Å². The van der Waals surface area contributed by atoms with Crippen LogP contribution in [0, 0.1) is 0 Å². The lowest BCUT2D eigenvalue weighted by atomic mass is 10.2. The Balaban J connectivity index is 3.34. The zero-order chi connectivity index (χ0) is 15.3. The predicted octanol–water partition coefficient (Wildman–Crippen LogP) is 1.67. The van der Waals surface area contributed by atoms with E-state index in [9.17, 15) is 13.2 Å². The van der Waals surface area contributed by atoms with Crippen LogP contribution in [-0.2, 0) is 10.0 Å². The van der Waals surface area contributed by atoms with E-state index in [4.69, 9.17) is 5.11 Å². The molecule has 0 spiro atoms. The molecule has 0 saturated heterocycles. The molecule has 0 aliphatic carbocycles. The van der Waals surface area contributed by atoms with Crippen LogP contribution in [0.15, 0.2) is 35.7 Å². The highest BCUT2D eigenvalue weighted by atomic mass is 32.2. The van der Waals surface area contributed by atoms with Crippen LogP contribution in [0.1, 0.15) is 24.2 Å². The van der Waals surface area contributed by atoms with Crippen molar-refractivity contribution in [3.8, 4) is 0 Å². The Kier molecular flexibility index (Phi) is 5.29. The minimum Gasteiger partial charge on any atom is -0.478 e. The van der Waals surface area contributed by atoms with Crippen molar-refractivity contribution >= 4 is 21.7 Å². The van der Waals surface area contributed by atoms with Gasteiger partial charge in [-0.15, -0.1) is 6.58 Å². The highest BCUT2D eigenvalue weighted by Crippen LogP contribution is 2.23. The van der Waals surface area contributed by atoms with Gasteiger partial charge in [-0.1, -0.05) is 6.08 Å². The Hall–Kier alpha value is -1.86. The van der Waals surface area contributed by atoms with Crippen molar-refractivity contribution in [1.82, 2.24) is 4.72 Å². The Morgan fingerprint density at radius 2 is 2.10 bits per heavy atom. The van der Waals surface area contributed by atoms with E-state index in [2.05, 4.69) is 16.6 Å². The van der Waals surface area contributed by atoms with Crippen LogP contribution in [0.25, 0.3) is 0 Å². The van der Waals surface area contributed by atoms with Gasteiger partial charge in [0.2, 0.25) is 10.0 Å². The van der Waals surface area contributed by atoms with E-state index >= 15 is 0 Å². The number of hydrogen-bond acceptors (Lipinski definition) is 4. The van der Waals surface area contributed by atoms with Gasteiger partial charge in [0, 0.05) is 12.6 Å². The van der Waals surface area contributed by atoms with E-state index in [1.54, 1.807) is 19.9 Å². The normalized spacial score (nSPS) is 11.3. The first-order chi connectivity index (χ1) is 9.27. The summed E-state index contributed by atoms with van der Waals surface area (Å²) in [7, 11) is -3.79. The summed E-state index contributed by atoms with van der Waals surface area (Å²) in [6, 6.07) is 3.63. The topological polar surface area (TPSA) is 95.5 Å². The average Bonchev–Trinajstić information content (AvgIpc) is 2.34. The second-order valence-corrected chi connectivity index (χ2v) is 6.14. The third kappa shape index (κ3) is 4.07. The first-order valence-corrected chi connectivity index (χ1v) is 7.50. The third-order valence-corrected chi connectivity index (χ3v) is 4.04. The summed E-state index contributed by atoms with van der Waals surface area (Å²) in [5.74, 6) is -1.18. The number of nitrogens with one attached hydrogen (secondary N) is 2. The molecule has 0 aliphatic heterocycles. The average molecular weight is 298 g/mol. The standard InChI is InChI=1S/C13H18N2O4S/c1-4-7-14-11-6-5-10(13(16)17)8-12(11)20(18,19)15-9(2)3/h4-6,8-9,14-15H,1,7H2,2-3H3,(H,16,17). The molecule has 1 rings (SSSR count). The fraction of sp³-hybridized carbons (Fsp3) is 0.308. The number of anilines is 1. The van der Waals surface area contributed by atoms with Crippen molar-refractivity contribution in [2.24, 2.45) is 0 Å². The number of carbonyl (C=O) groups is 1. The summed E-state index contributed by atoms with van der Waals surface area (Å²) in [5.41, 5.74) is 0.251. The van der Waals surface area contributed by atoms with Gasteiger partial charge in [-0.25, -0.2) is 17.9 Å². The van der Waals surface area contributed by atoms with Crippen LogP contribution in [0.3, 0.4) is 0 Å². The molecule has 110 valence electrons. The van der Waals surface area contributed by atoms with Crippen LogP contribution in [0.5, 0.6) is 0 Å². The van der Waals surface area contributed by atoms with Gasteiger partial charge in [-0.2, -0.15) is 0 Å². The maximum absolute atomic E-state index is 12.2. The molecule has 20 heavy (non-hydrogen) atoms. The van der Waals surface area contributed by atoms with Crippen LogP contribution < -0.4 is 10.0 Å². The summed E-state index contributed by atoms with van der Waals surface area (Å²) < 4.78 is 26.9. The van der Waals surface area contributed by atoms with Gasteiger partial charge < -0.3 is 10.4 Å². The number of sulfonamides is 1. The lowest BCUT2D eigenvalue weighted by Gasteiger charge is -2.14. The molecule has 0 radical (unpaired) electrons. The zero-order valence-corrected chi connectivity index (χ0v) is 12.2. The van der Waals surface area contributed by atoms with Gasteiger partial charge in [0.1, 0.15) is 4.90 Å². The number of carboxylic acids is 1. The first kappa shape index (κ1) is 16.2. The first-order valence-electron chi connectivity index (χ1n) is 6.02. The maximum atomic E-state index is 12.2. The van der Waals surface area contributed by atoms with Crippen LogP contribution in [-0.4, -0.2) is 32.1 Å². The molecule has 6 nitrogen and oxygen atoms in total. The number of carboxylic acid groups (broad SMARTS) is 1. The van der Waals surface area contributed by atoms with Gasteiger partial charge in [0.25, 0.3) is 0 Å². The molecule has 7 heteroatoms. The molecule has 0 bridgehead atoms. The smallest absolute Gasteiger partial charge is 0.335 e. The quantitative estimate of drug-likeness (QED) is 0.665. The second-order valence-electron chi connectivity index (χ2n) is 4.46. The van der Waals surface area contributed by atoms with Crippen molar-refractivity contribution in [2.45, 2.75) is 24.8 Å². The highest BCUT2D eigenvalue weighted by molar-refractivity contribution is 7.89.